The molecule has 0 radical (unpaired) electrons. The molecule has 0 bridgehead atoms. The number of hydrogen-bond acceptors (Lipinski definition) is 3. The molecule has 70 valence electrons. The van der Waals surface area contributed by atoms with Gasteiger partial charge in [0.05, 0.1) is 17.2 Å². The van der Waals surface area contributed by atoms with Gasteiger partial charge in [0, 0.05) is 18.5 Å². The predicted octanol–water partition coefficient (Wildman–Crippen LogP) is 0.977. The molecule has 0 aromatic carbocycles. The Balaban J connectivity index is 2.01. The highest BCUT2D eigenvalue weighted by atomic mass is 32.1. The minimum Gasteiger partial charge on any atom is -0.336 e. The van der Waals surface area contributed by atoms with E-state index >= 15 is 0 Å². The van der Waals surface area contributed by atoms with Crippen LogP contribution in [0.1, 0.15) is 10.7 Å². The van der Waals surface area contributed by atoms with Crippen LogP contribution in [0.4, 0.5) is 4.79 Å². The Morgan fingerprint density at radius 2 is 2.62 bits per heavy atom. The summed E-state index contributed by atoms with van der Waals surface area (Å²) >= 11 is 1.62. The van der Waals surface area contributed by atoms with Gasteiger partial charge < -0.3 is 10.2 Å². The summed E-state index contributed by atoms with van der Waals surface area (Å²) in [5.41, 5.74) is 0.986. The zero-order valence-corrected chi connectivity index (χ0v) is 8.23. The van der Waals surface area contributed by atoms with Crippen LogP contribution in [0.3, 0.4) is 0 Å². The van der Waals surface area contributed by atoms with Crippen molar-refractivity contribution in [3.05, 3.63) is 16.1 Å². The van der Waals surface area contributed by atoms with E-state index in [0.717, 1.165) is 23.8 Å². The maximum Gasteiger partial charge on any atom is 0.317 e. The van der Waals surface area contributed by atoms with Crippen molar-refractivity contribution in [3.8, 4) is 0 Å². The highest BCUT2D eigenvalue weighted by Crippen LogP contribution is 2.11. The molecule has 2 rings (SSSR count). The molecule has 13 heavy (non-hydrogen) atoms. The molecule has 5 heteroatoms. The molecule has 1 fully saturated rings. The van der Waals surface area contributed by atoms with Crippen LogP contribution in [0, 0.1) is 6.92 Å². The molecule has 4 nitrogen and oxygen atoms in total. The Bertz CT molecular complexity index is 323. The summed E-state index contributed by atoms with van der Waals surface area (Å²) in [6.45, 7) is 4.14. The van der Waals surface area contributed by atoms with Crippen LogP contribution in [0.15, 0.2) is 5.38 Å². The van der Waals surface area contributed by atoms with Gasteiger partial charge in [-0.15, -0.1) is 11.3 Å². The number of nitrogens with one attached hydrogen (secondary N) is 1. The van der Waals surface area contributed by atoms with Gasteiger partial charge in [-0.25, -0.2) is 9.78 Å². The summed E-state index contributed by atoms with van der Waals surface area (Å²) in [6, 6.07) is 0.0191. The summed E-state index contributed by atoms with van der Waals surface area (Å²) in [5, 5.41) is 5.81. The molecular formula is C8H11N3OS. The Labute approximate surface area is 80.6 Å². The Morgan fingerprint density at radius 1 is 1.77 bits per heavy atom. The average molecular weight is 197 g/mol. The van der Waals surface area contributed by atoms with Crippen molar-refractivity contribution in [2.24, 2.45) is 0 Å². The second-order valence-corrected chi connectivity index (χ2v) is 4.07. The molecule has 1 aliphatic rings. The van der Waals surface area contributed by atoms with E-state index in [2.05, 4.69) is 10.3 Å². The van der Waals surface area contributed by atoms with Crippen LogP contribution in [-0.2, 0) is 6.54 Å². The van der Waals surface area contributed by atoms with Crippen molar-refractivity contribution in [3.63, 3.8) is 0 Å². The van der Waals surface area contributed by atoms with E-state index in [9.17, 15) is 4.79 Å². The van der Waals surface area contributed by atoms with Gasteiger partial charge in [-0.3, -0.25) is 0 Å². The largest absolute Gasteiger partial charge is 0.336 e. The topological polar surface area (TPSA) is 45.2 Å². The number of rotatable bonds is 2. The number of hydrogen-bond donors (Lipinski definition) is 1. The van der Waals surface area contributed by atoms with Gasteiger partial charge in [-0.2, -0.15) is 0 Å². The molecule has 1 aromatic heterocycles. The number of amides is 2. The number of thiazole rings is 1. The van der Waals surface area contributed by atoms with Gasteiger partial charge in [-0.05, 0) is 6.92 Å². The van der Waals surface area contributed by atoms with E-state index in [-0.39, 0.29) is 6.03 Å². The van der Waals surface area contributed by atoms with Gasteiger partial charge in [0.25, 0.3) is 0 Å². The first-order valence-corrected chi connectivity index (χ1v) is 5.07. The lowest BCUT2D eigenvalue weighted by atomic mass is 10.4. The number of aryl methyl sites for hydroxylation is 1. The van der Waals surface area contributed by atoms with Crippen molar-refractivity contribution in [1.29, 1.82) is 0 Å². The highest BCUT2D eigenvalue weighted by molar-refractivity contribution is 7.09. The van der Waals surface area contributed by atoms with Crippen molar-refractivity contribution in [1.82, 2.24) is 15.2 Å². The lowest BCUT2D eigenvalue weighted by Gasteiger charge is -2.11. The summed E-state index contributed by atoms with van der Waals surface area (Å²) < 4.78 is 0. The Kier molecular flexibility index (Phi) is 2.18. The summed E-state index contributed by atoms with van der Waals surface area (Å²) in [7, 11) is 0. The Hall–Kier alpha value is -1.10. The fourth-order valence-electron chi connectivity index (χ4n) is 1.34. The monoisotopic (exact) mass is 197 g/mol. The van der Waals surface area contributed by atoms with Crippen LogP contribution in [0.25, 0.3) is 0 Å². The standard InChI is InChI=1S/C8H11N3OS/c1-6-10-7(5-13-6)4-11-3-2-9-8(11)12/h5H,2-4H2,1H3,(H,9,12). The van der Waals surface area contributed by atoms with Crippen LogP contribution in [0.2, 0.25) is 0 Å². The number of aromatic nitrogens is 1. The van der Waals surface area contributed by atoms with E-state index < -0.39 is 0 Å². The van der Waals surface area contributed by atoms with Gasteiger partial charge in [0.2, 0.25) is 0 Å². The van der Waals surface area contributed by atoms with Crippen LogP contribution in [-0.4, -0.2) is 29.0 Å². The minimum atomic E-state index is 0.0191. The van der Waals surface area contributed by atoms with Gasteiger partial charge in [-0.1, -0.05) is 0 Å². The summed E-state index contributed by atoms with van der Waals surface area (Å²) in [4.78, 5) is 17.3. The summed E-state index contributed by atoms with van der Waals surface area (Å²) in [5.74, 6) is 0. The minimum absolute atomic E-state index is 0.0191. The average Bonchev–Trinajstić information content (AvgIpc) is 2.64. The molecule has 0 unspecified atom stereocenters. The van der Waals surface area contributed by atoms with E-state index in [4.69, 9.17) is 0 Å². The molecule has 1 aromatic rings. The first kappa shape index (κ1) is 8.50. The maximum atomic E-state index is 11.2. The normalized spacial score (nSPS) is 16.4. The second kappa shape index (κ2) is 3.33. The molecule has 0 aliphatic carbocycles. The van der Waals surface area contributed by atoms with Crippen molar-refractivity contribution < 1.29 is 4.79 Å². The van der Waals surface area contributed by atoms with Crippen LogP contribution in [0.5, 0.6) is 0 Å². The molecule has 2 amide bonds. The third kappa shape index (κ3) is 1.80. The van der Waals surface area contributed by atoms with E-state index in [0.29, 0.717) is 6.54 Å². The lowest BCUT2D eigenvalue weighted by Crippen LogP contribution is -2.27. The van der Waals surface area contributed by atoms with Crippen LogP contribution < -0.4 is 5.32 Å². The lowest BCUT2D eigenvalue weighted by molar-refractivity contribution is 0.215. The quantitative estimate of drug-likeness (QED) is 0.768. The molecule has 1 saturated heterocycles. The molecule has 0 saturated carbocycles. The molecule has 0 atom stereocenters. The number of nitrogens with zero attached hydrogens (tertiary/aromatic N) is 2. The molecule has 1 aliphatic heterocycles. The first-order chi connectivity index (χ1) is 6.25. The summed E-state index contributed by atoms with van der Waals surface area (Å²) in [6.07, 6.45) is 0. The third-order valence-electron chi connectivity index (χ3n) is 1.96. The maximum absolute atomic E-state index is 11.2. The van der Waals surface area contributed by atoms with Crippen molar-refractivity contribution in [2.45, 2.75) is 13.5 Å². The zero-order chi connectivity index (χ0) is 9.26. The fourth-order valence-corrected chi connectivity index (χ4v) is 1.94. The first-order valence-electron chi connectivity index (χ1n) is 4.19. The van der Waals surface area contributed by atoms with Crippen molar-refractivity contribution in [2.75, 3.05) is 13.1 Å². The van der Waals surface area contributed by atoms with Crippen molar-refractivity contribution >= 4 is 17.4 Å². The number of carbonyl (C=O) groups is 1. The zero-order valence-electron chi connectivity index (χ0n) is 7.41. The predicted molar refractivity (Wildman–Crippen MR) is 50.7 cm³/mol. The number of urea groups is 1. The molecule has 1 N–H and O–H groups in total. The SMILES string of the molecule is Cc1nc(CN2CCNC2=O)cs1. The van der Waals surface area contributed by atoms with E-state index in [1.54, 1.807) is 16.2 Å². The van der Waals surface area contributed by atoms with E-state index in [1.807, 2.05) is 12.3 Å². The van der Waals surface area contributed by atoms with Gasteiger partial charge >= 0.3 is 6.03 Å². The highest BCUT2D eigenvalue weighted by Gasteiger charge is 2.19. The smallest absolute Gasteiger partial charge is 0.317 e. The van der Waals surface area contributed by atoms with Gasteiger partial charge in [0.15, 0.2) is 0 Å². The van der Waals surface area contributed by atoms with E-state index in [1.165, 1.54) is 0 Å². The second-order valence-electron chi connectivity index (χ2n) is 3.01. The number of carbonyl (C=O) groups excluding carboxylic acids is 1. The molecule has 0 spiro atoms. The Morgan fingerprint density at radius 3 is 3.15 bits per heavy atom. The fraction of sp³-hybridized carbons (Fsp3) is 0.500. The molecule has 2 heterocycles. The third-order valence-corrected chi connectivity index (χ3v) is 2.79. The van der Waals surface area contributed by atoms with Gasteiger partial charge in [0.1, 0.15) is 0 Å². The van der Waals surface area contributed by atoms with Crippen LogP contribution >= 0.6 is 11.3 Å². The molecular weight excluding hydrogens is 186 g/mol.